The smallest absolute Gasteiger partial charge is 0.147 e. The van der Waals surface area contributed by atoms with E-state index in [1.807, 2.05) is 6.07 Å². The largest absolute Gasteiger partial charge is 0.507 e. The fourth-order valence-electron chi connectivity index (χ4n) is 3.72. The lowest BCUT2D eigenvalue weighted by molar-refractivity contribution is 0.279. The predicted molar refractivity (Wildman–Crippen MR) is 110 cm³/mol. The Morgan fingerprint density at radius 1 is 1.00 bits per heavy atom. The average Bonchev–Trinajstić information content (AvgIpc) is 3.17. The minimum atomic E-state index is 0.138. The number of aryl methyl sites for hydroxylation is 1. The van der Waals surface area contributed by atoms with Crippen molar-refractivity contribution in [3.63, 3.8) is 0 Å². The number of H-pyrrole nitrogens is 1. The highest BCUT2D eigenvalue weighted by Gasteiger charge is 2.18. The Morgan fingerprint density at radius 3 is 2.29 bits per heavy atom. The minimum Gasteiger partial charge on any atom is -0.507 e. The van der Waals surface area contributed by atoms with Crippen molar-refractivity contribution >= 4 is 0 Å². The van der Waals surface area contributed by atoms with Crippen LogP contribution < -0.4 is 5.32 Å². The highest BCUT2D eigenvalue weighted by Crippen LogP contribution is 2.31. The van der Waals surface area contributed by atoms with Crippen LogP contribution in [-0.4, -0.2) is 42.6 Å². The molecule has 2 aromatic heterocycles. The van der Waals surface area contributed by atoms with Crippen LogP contribution in [0.1, 0.15) is 39.4 Å². The molecule has 7 heteroatoms. The molecule has 1 saturated heterocycles. The van der Waals surface area contributed by atoms with Gasteiger partial charge in [-0.2, -0.15) is 5.10 Å². The van der Waals surface area contributed by atoms with Crippen molar-refractivity contribution in [2.24, 2.45) is 5.92 Å². The molecule has 0 amide bonds. The van der Waals surface area contributed by atoms with E-state index in [1.165, 1.54) is 12.8 Å². The summed E-state index contributed by atoms with van der Waals surface area (Å²) in [7, 11) is 0. The third kappa shape index (κ3) is 5.13. The van der Waals surface area contributed by atoms with Crippen LogP contribution in [0.25, 0.3) is 22.4 Å². The topological polar surface area (TPSA) is 99.6 Å². The van der Waals surface area contributed by atoms with Crippen LogP contribution in [-0.2, 0) is 0 Å². The van der Waals surface area contributed by atoms with Gasteiger partial charge in [0, 0.05) is 29.4 Å². The Hall–Kier alpha value is -2.80. The zero-order chi connectivity index (χ0) is 20.1. The number of nitrogens with zero attached hydrogens (tertiary/aromatic N) is 4. The van der Waals surface area contributed by atoms with Gasteiger partial charge in [-0.25, -0.2) is 4.98 Å². The Labute approximate surface area is 165 Å². The molecule has 3 aromatic rings. The number of phenols is 1. The lowest BCUT2D eigenvalue weighted by Gasteiger charge is -2.30. The van der Waals surface area contributed by atoms with E-state index in [9.17, 15) is 5.11 Å². The average molecular weight is 380 g/mol. The van der Waals surface area contributed by atoms with Crippen molar-refractivity contribution in [3.05, 3.63) is 42.6 Å². The van der Waals surface area contributed by atoms with E-state index in [1.54, 1.807) is 37.6 Å². The van der Waals surface area contributed by atoms with Gasteiger partial charge in [0.05, 0.1) is 12.4 Å². The van der Waals surface area contributed by atoms with Gasteiger partial charge < -0.3 is 10.4 Å². The van der Waals surface area contributed by atoms with Crippen molar-refractivity contribution in [2.75, 3.05) is 0 Å². The first kappa shape index (κ1) is 19.9. The molecule has 4 rings (SSSR count). The highest BCUT2D eigenvalue weighted by atomic mass is 16.3. The molecule has 0 spiro atoms. The molecular formula is C21H28N6O. The first-order chi connectivity index (χ1) is 13.4. The first-order valence-corrected chi connectivity index (χ1v) is 9.67. The summed E-state index contributed by atoms with van der Waals surface area (Å²) >= 11 is 0. The summed E-state index contributed by atoms with van der Waals surface area (Å²) in [5, 5.41) is 28.1. The van der Waals surface area contributed by atoms with Gasteiger partial charge in [0.1, 0.15) is 17.3 Å². The van der Waals surface area contributed by atoms with Crippen LogP contribution in [0.5, 0.6) is 5.75 Å². The van der Waals surface area contributed by atoms with Crippen molar-refractivity contribution in [2.45, 2.75) is 52.6 Å². The van der Waals surface area contributed by atoms with Crippen LogP contribution in [0.15, 0.2) is 36.8 Å². The molecule has 1 aromatic carbocycles. The van der Waals surface area contributed by atoms with E-state index in [-0.39, 0.29) is 5.75 Å². The molecule has 0 aliphatic carbocycles. The first-order valence-electron chi connectivity index (χ1n) is 9.67. The van der Waals surface area contributed by atoms with Gasteiger partial charge in [-0.15, -0.1) is 10.2 Å². The number of benzene rings is 1. The van der Waals surface area contributed by atoms with Gasteiger partial charge in [0.15, 0.2) is 0 Å². The van der Waals surface area contributed by atoms with Gasteiger partial charge in [0.2, 0.25) is 0 Å². The van der Waals surface area contributed by atoms with Crippen molar-refractivity contribution < 1.29 is 5.11 Å². The van der Waals surface area contributed by atoms with Crippen LogP contribution in [0.2, 0.25) is 0 Å². The lowest BCUT2D eigenvalue weighted by Crippen LogP contribution is -2.41. The second kappa shape index (κ2) is 8.93. The zero-order valence-corrected chi connectivity index (χ0v) is 16.8. The summed E-state index contributed by atoms with van der Waals surface area (Å²) in [5.74, 6) is 1.66. The van der Waals surface area contributed by atoms with Gasteiger partial charge >= 0.3 is 0 Å². The number of hydrogen-bond acceptors (Lipinski definition) is 6. The fraction of sp³-hybridized carbons (Fsp3) is 0.429. The van der Waals surface area contributed by atoms with E-state index in [0.29, 0.717) is 17.1 Å². The number of aromatic nitrogens is 5. The molecule has 3 N–H and O–H groups in total. The van der Waals surface area contributed by atoms with Crippen LogP contribution in [0, 0.1) is 12.8 Å². The molecule has 1 aliphatic heterocycles. The molecule has 0 saturated carbocycles. The van der Waals surface area contributed by atoms with E-state index >= 15 is 0 Å². The molecule has 3 heterocycles. The second-order valence-corrected chi connectivity index (χ2v) is 7.65. The summed E-state index contributed by atoms with van der Waals surface area (Å²) in [4.78, 5) is 4.07. The van der Waals surface area contributed by atoms with Gasteiger partial charge in [-0.05, 0) is 57.2 Å². The van der Waals surface area contributed by atoms with Crippen molar-refractivity contribution in [1.82, 2.24) is 30.7 Å². The van der Waals surface area contributed by atoms with Gasteiger partial charge in [0.25, 0.3) is 0 Å². The Bertz CT molecular complexity index is 853. The maximum atomic E-state index is 10.1. The molecule has 1 fully saturated rings. The quantitative estimate of drug-likeness (QED) is 0.626. The molecule has 2 unspecified atom stereocenters. The molecule has 7 nitrogen and oxygen atoms in total. The molecule has 28 heavy (non-hydrogen) atoms. The van der Waals surface area contributed by atoms with Crippen LogP contribution >= 0.6 is 0 Å². The molecule has 2 atom stereocenters. The molecule has 0 radical (unpaired) electrons. The van der Waals surface area contributed by atoms with Gasteiger partial charge in [-0.1, -0.05) is 13.0 Å². The monoisotopic (exact) mass is 380 g/mol. The Kier molecular flexibility index (Phi) is 6.36. The van der Waals surface area contributed by atoms with E-state index < -0.39 is 0 Å². The number of aromatic hydroxyl groups is 1. The number of hydrogen-bond donors (Lipinski definition) is 3. The Morgan fingerprint density at radius 2 is 1.75 bits per heavy atom. The van der Waals surface area contributed by atoms with E-state index in [0.717, 1.165) is 29.1 Å². The lowest BCUT2D eigenvalue weighted by atomic mass is 9.91. The van der Waals surface area contributed by atoms with E-state index in [2.05, 4.69) is 51.5 Å². The van der Waals surface area contributed by atoms with Crippen LogP contribution in [0.3, 0.4) is 0 Å². The van der Waals surface area contributed by atoms with E-state index in [4.69, 9.17) is 0 Å². The number of aromatic amines is 1. The third-order valence-electron chi connectivity index (χ3n) is 4.86. The summed E-state index contributed by atoms with van der Waals surface area (Å²) in [6.07, 6.45) is 7.76. The summed E-state index contributed by atoms with van der Waals surface area (Å²) < 4.78 is 0. The highest BCUT2D eigenvalue weighted by molar-refractivity contribution is 5.73. The zero-order valence-electron chi connectivity index (χ0n) is 16.8. The van der Waals surface area contributed by atoms with Gasteiger partial charge in [-0.3, -0.25) is 5.10 Å². The number of nitrogens with one attached hydrogen (secondary N) is 2. The molecule has 148 valence electrons. The van der Waals surface area contributed by atoms with Crippen molar-refractivity contribution in [1.29, 1.82) is 0 Å². The predicted octanol–water partition coefficient (Wildman–Crippen LogP) is 3.73. The van der Waals surface area contributed by atoms with Crippen LogP contribution in [0.4, 0.5) is 0 Å². The SMILES string of the molecule is CC1CC(C)NC(C)C1.Cc1ncc(-c2ccc(-c3cn[nH]c3)cc2O)nn1. The Balaban J connectivity index is 0.000000211. The molecule has 0 bridgehead atoms. The third-order valence-corrected chi connectivity index (χ3v) is 4.86. The maximum Gasteiger partial charge on any atom is 0.147 e. The second-order valence-electron chi connectivity index (χ2n) is 7.65. The minimum absolute atomic E-state index is 0.138. The number of phenolic OH excluding ortho intramolecular Hbond substituents is 1. The summed E-state index contributed by atoms with van der Waals surface area (Å²) in [6.45, 7) is 8.64. The molecular weight excluding hydrogens is 352 g/mol. The molecule has 1 aliphatic rings. The summed E-state index contributed by atoms with van der Waals surface area (Å²) in [6, 6.07) is 6.83. The number of piperidine rings is 1. The maximum absolute atomic E-state index is 10.1. The number of rotatable bonds is 2. The normalized spacial score (nSPS) is 21.6. The van der Waals surface area contributed by atoms with Crippen molar-refractivity contribution in [3.8, 4) is 28.1 Å². The fourth-order valence-corrected chi connectivity index (χ4v) is 3.72. The summed E-state index contributed by atoms with van der Waals surface area (Å²) in [5.41, 5.74) is 2.94. The standard InChI is InChI=1S/C13H11N5O.C8H17N/c1-8-14-7-12(18-17-8)11-3-2-9(4-13(11)19)10-5-15-16-6-10;1-6-4-7(2)9-8(3)5-6/h2-7,19H,1H3,(H,15,16);6-9H,4-5H2,1-3H3.